The molecule has 25 heavy (non-hydrogen) atoms. The predicted molar refractivity (Wildman–Crippen MR) is 97.9 cm³/mol. The van der Waals surface area contributed by atoms with E-state index in [4.69, 9.17) is 32.7 Å². The molecule has 0 saturated heterocycles. The second-order valence-electron chi connectivity index (χ2n) is 5.22. The molecule has 0 atom stereocenters. The Balaban J connectivity index is 1.63. The molecule has 0 fully saturated rings. The topological polar surface area (TPSA) is 55.8 Å². The van der Waals surface area contributed by atoms with Gasteiger partial charge in [0.2, 0.25) is 0 Å². The van der Waals surface area contributed by atoms with E-state index in [2.05, 4.69) is 0 Å². The van der Waals surface area contributed by atoms with Gasteiger partial charge in [-0.3, -0.25) is 0 Å². The van der Waals surface area contributed by atoms with Gasteiger partial charge in [-0.15, -0.1) is 0 Å². The number of carbonyl (C=O) groups is 1. The molecule has 0 unspecified atom stereocenters. The molecule has 0 saturated carbocycles. The van der Waals surface area contributed by atoms with E-state index < -0.39 is 5.97 Å². The first-order valence-corrected chi connectivity index (χ1v) is 8.28. The molecule has 0 aliphatic rings. The number of rotatable bonds is 5. The third-order valence-corrected chi connectivity index (χ3v) is 4.20. The van der Waals surface area contributed by atoms with Crippen molar-refractivity contribution in [1.29, 1.82) is 0 Å². The molecule has 128 valence electrons. The standard InChI is InChI=1S/C19H14Cl2O4/c20-15-6-3-7-16(21)18(15)24-10-11-25-19(23)14-9-8-12-4-1-2-5-13(12)17(14)22/h1-9,22H,10-11H2. The molecule has 0 spiro atoms. The molecular weight excluding hydrogens is 363 g/mol. The van der Waals surface area contributed by atoms with Crippen molar-refractivity contribution in [3.63, 3.8) is 0 Å². The number of phenolic OH excluding ortho intramolecular Hbond substituents is 1. The summed E-state index contributed by atoms with van der Waals surface area (Å²) in [5.41, 5.74) is 0.106. The zero-order chi connectivity index (χ0) is 17.8. The lowest BCUT2D eigenvalue weighted by Crippen LogP contribution is -2.13. The summed E-state index contributed by atoms with van der Waals surface area (Å²) in [4.78, 5) is 12.2. The zero-order valence-electron chi connectivity index (χ0n) is 13.0. The van der Waals surface area contributed by atoms with Gasteiger partial charge in [-0.25, -0.2) is 4.79 Å². The third-order valence-electron chi connectivity index (χ3n) is 3.60. The van der Waals surface area contributed by atoms with Crippen molar-refractivity contribution < 1.29 is 19.4 Å². The molecule has 6 heteroatoms. The number of ether oxygens (including phenoxy) is 2. The van der Waals surface area contributed by atoms with Crippen molar-refractivity contribution in [2.24, 2.45) is 0 Å². The molecule has 0 aliphatic heterocycles. The summed E-state index contributed by atoms with van der Waals surface area (Å²) in [6.07, 6.45) is 0. The maximum atomic E-state index is 12.2. The van der Waals surface area contributed by atoms with Gasteiger partial charge in [0, 0.05) is 5.39 Å². The molecule has 0 aromatic heterocycles. The van der Waals surface area contributed by atoms with E-state index in [-0.39, 0.29) is 24.5 Å². The summed E-state index contributed by atoms with van der Waals surface area (Å²) in [6.45, 7) is 0.0796. The van der Waals surface area contributed by atoms with E-state index in [1.54, 1.807) is 36.4 Å². The van der Waals surface area contributed by atoms with Gasteiger partial charge in [0.25, 0.3) is 0 Å². The molecule has 1 N–H and O–H groups in total. The van der Waals surface area contributed by atoms with E-state index in [0.717, 1.165) is 5.39 Å². The Morgan fingerprint density at radius 1 is 0.920 bits per heavy atom. The molecule has 0 heterocycles. The second-order valence-corrected chi connectivity index (χ2v) is 6.03. The predicted octanol–water partition coefficient (Wildman–Crippen LogP) is 5.09. The number of halogens is 2. The van der Waals surface area contributed by atoms with Gasteiger partial charge in [-0.2, -0.15) is 0 Å². The van der Waals surface area contributed by atoms with Crippen LogP contribution in [0.1, 0.15) is 10.4 Å². The maximum absolute atomic E-state index is 12.2. The number of hydrogen-bond acceptors (Lipinski definition) is 4. The van der Waals surface area contributed by atoms with Crippen LogP contribution in [0.3, 0.4) is 0 Å². The van der Waals surface area contributed by atoms with Gasteiger partial charge >= 0.3 is 5.97 Å². The highest BCUT2D eigenvalue weighted by Crippen LogP contribution is 2.32. The normalized spacial score (nSPS) is 10.6. The molecule has 3 aromatic carbocycles. The first-order valence-electron chi connectivity index (χ1n) is 7.52. The summed E-state index contributed by atoms with van der Waals surface area (Å²) in [7, 11) is 0. The van der Waals surface area contributed by atoms with E-state index in [9.17, 15) is 9.90 Å². The molecule has 3 rings (SSSR count). The Morgan fingerprint density at radius 3 is 2.40 bits per heavy atom. The zero-order valence-corrected chi connectivity index (χ0v) is 14.6. The van der Waals surface area contributed by atoms with Crippen LogP contribution in [0.4, 0.5) is 0 Å². The molecule has 0 aliphatic carbocycles. The van der Waals surface area contributed by atoms with Crippen LogP contribution in [0, 0.1) is 0 Å². The highest BCUT2D eigenvalue weighted by molar-refractivity contribution is 6.37. The fourth-order valence-corrected chi connectivity index (χ4v) is 2.90. The Kier molecular flexibility index (Phi) is 5.31. The molecule has 4 nitrogen and oxygen atoms in total. The van der Waals surface area contributed by atoms with Crippen LogP contribution in [0.2, 0.25) is 10.0 Å². The first kappa shape index (κ1) is 17.4. The van der Waals surface area contributed by atoms with Crippen LogP contribution in [0.25, 0.3) is 10.8 Å². The average Bonchev–Trinajstić information content (AvgIpc) is 2.61. The SMILES string of the molecule is O=C(OCCOc1c(Cl)cccc1Cl)c1ccc2ccccc2c1O. The Morgan fingerprint density at radius 2 is 1.64 bits per heavy atom. The lowest BCUT2D eigenvalue weighted by molar-refractivity contribution is 0.0447. The summed E-state index contributed by atoms with van der Waals surface area (Å²) < 4.78 is 10.6. The Labute approximate surface area is 154 Å². The van der Waals surface area contributed by atoms with Crippen molar-refractivity contribution in [2.45, 2.75) is 0 Å². The molecule has 0 amide bonds. The number of hydrogen-bond donors (Lipinski definition) is 1. The van der Waals surface area contributed by atoms with Crippen molar-refractivity contribution >= 4 is 39.9 Å². The fourth-order valence-electron chi connectivity index (χ4n) is 2.40. The third kappa shape index (κ3) is 3.81. The quantitative estimate of drug-likeness (QED) is 0.497. The largest absolute Gasteiger partial charge is 0.506 e. The van der Waals surface area contributed by atoms with Gasteiger partial charge < -0.3 is 14.6 Å². The van der Waals surface area contributed by atoms with Crippen molar-refractivity contribution in [2.75, 3.05) is 13.2 Å². The fraction of sp³-hybridized carbons (Fsp3) is 0.105. The number of esters is 1. The van der Waals surface area contributed by atoms with Crippen LogP contribution in [-0.4, -0.2) is 24.3 Å². The monoisotopic (exact) mass is 376 g/mol. The lowest BCUT2D eigenvalue weighted by atomic mass is 10.1. The second kappa shape index (κ2) is 7.64. The summed E-state index contributed by atoms with van der Waals surface area (Å²) >= 11 is 12.0. The van der Waals surface area contributed by atoms with Crippen molar-refractivity contribution in [1.82, 2.24) is 0 Å². The number of benzene rings is 3. The van der Waals surface area contributed by atoms with E-state index >= 15 is 0 Å². The summed E-state index contributed by atoms with van der Waals surface area (Å²) in [6, 6.07) is 15.5. The number of carbonyl (C=O) groups excluding carboxylic acids is 1. The van der Waals surface area contributed by atoms with Crippen molar-refractivity contribution in [3.8, 4) is 11.5 Å². The molecule has 3 aromatic rings. The minimum absolute atomic E-state index is 0.00729. The van der Waals surface area contributed by atoms with Gasteiger partial charge in [-0.05, 0) is 23.6 Å². The minimum atomic E-state index is -0.628. The lowest BCUT2D eigenvalue weighted by Gasteiger charge is -2.11. The highest BCUT2D eigenvalue weighted by Gasteiger charge is 2.15. The highest BCUT2D eigenvalue weighted by atomic mass is 35.5. The van der Waals surface area contributed by atoms with Gasteiger partial charge in [0.05, 0.1) is 10.0 Å². The summed E-state index contributed by atoms with van der Waals surface area (Å²) in [5.74, 6) is -0.384. The first-order chi connectivity index (χ1) is 12.1. The van der Waals surface area contributed by atoms with Crippen molar-refractivity contribution in [3.05, 3.63) is 70.2 Å². The minimum Gasteiger partial charge on any atom is -0.506 e. The van der Waals surface area contributed by atoms with Crippen LogP contribution in [0.5, 0.6) is 11.5 Å². The number of fused-ring (bicyclic) bond motifs is 1. The van der Waals surface area contributed by atoms with E-state index in [1.807, 2.05) is 12.1 Å². The average molecular weight is 377 g/mol. The Hall–Kier alpha value is -2.43. The van der Waals surface area contributed by atoms with Gasteiger partial charge in [0.15, 0.2) is 5.75 Å². The number of aromatic hydroxyl groups is 1. The van der Waals surface area contributed by atoms with Crippen LogP contribution >= 0.6 is 23.2 Å². The van der Waals surface area contributed by atoms with E-state index in [0.29, 0.717) is 21.2 Å². The van der Waals surface area contributed by atoms with Crippen LogP contribution in [-0.2, 0) is 4.74 Å². The number of para-hydroxylation sites is 1. The maximum Gasteiger partial charge on any atom is 0.342 e. The number of phenols is 1. The van der Waals surface area contributed by atoms with Crippen LogP contribution < -0.4 is 4.74 Å². The van der Waals surface area contributed by atoms with Crippen LogP contribution in [0.15, 0.2) is 54.6 Å². The van der Waals surface area contributed by atoms with Gasteiger partial charge in [0.1, 0.15) is 24.5 Å². The smallest absolute Gasteiger partial charge is 0.342 e. The molecule has 0 radical (unpaired) electrons. The molecule has 0 bridgehead atoms. The summed E-state index contributed by atoms with van der Waals surface area (Å²) in [5, 5.41) is 12.5. The van der Waals surface area contributed by atoms with Gasteiger partial charge in [-0.1, -0.05) is 59.6 Å². The Bertz CT molecular complexity index is 904. The molecular formula is C19H14Cl2O4. The van der Waals surface area contributed by atoms with E-state index in [1.165, 1.54) is 6.07 Å².